The van der Waals surface area contributed by atoms with Gasteiger partial charge in [0.25, 0.3) is 0 Å². The van der Waals surface area contributed by atoms with Crippen molar-refractivity contribution < 1.29 is 4.74 Å². The first-order valence-electron chi connectivity index (χ1n) is 4.09. The normalized spacial score (nSPS) is 11.6. The zero-order valence-electron chi connectivity index (χ0n) is 8.20. The number of para-hydroxylation sites is 1. The summed E-state index contributed by atoms with van der Waals surface area (Å²) in [4.78, 5) is 0. The Balaban J connectivity index is 0.00000144. The lowest BCUT2D eigenvalue weighted by Crippen LogP contribution is -2.13. The van der Waals surface area contributed by atoms with E-state index in [1.54, 1.807) is 7.11 Å². The highest BCUT2D eigenvalue weighted by atomic mass is 35.5. The summed E-state index contributed by atoms with van der Waals surface area (Å²) in [6, 6.07) is 8.38. The Hall–Kier alpha value is -0.730. The van der Waals surface area contributed by atoms with Crippen molar-refractivity contribution in [2.24, 2.45) is 0 Å². The zero-order chi connectivity index (χ0) is 8.97. The molecule has 13 heavy (non-hydrogen) atoms. The Kier molecular flexibility index (Phi) is 5.51. The number of halogens is 1. The molecule has 0 heterocycles. The van der Waals surface area contributed by atoms with Crippen LogP contribution in [-0.2, 0) is 0 Å². The van der Waals surface area contributed by atoms with Gasteiger partial charge in [0.05, 0.1) is 7.11 Å². The van der Waals surface area contributed by atoms with Gasteiger partial charge in [-0.15, -0.1) is 12.4 Å². The fraction of sp³-hybridized carbons (Fsp3) is 0.400. The molecule has 0 aliphatic carbocycles. The topological polar surface area (TPSA) is 21.3 Å². The van der Waals surface area contributed by atoms with Crippen LogP contribution in [0.15, 0.2) is 24.3 Å². The summed E-state index contributed by atoms with van der Waals surface area (Å²) in [6.45, 7) is 2.11. The Bertz CT molecular complexity index is 252. The van der Waals surface area contributed by atoms with Gasteiger partial charge in [0.2, 0.25) is 0 Å². The van der Waals surface area contributed by atoms with E-state index in [-0.39, 0.29) is 12.4 Å². The third-order valence-electron chi connectivity index (χ3n) is 2.04. The van der Waals surface area contributed by atoms with Crippen LogP contribution in [0.4, 0.5) is 0 Å². The van der Waals surface area contributed by atoms with E-state index >= 15 is 0 Å². The quantitative estimate of drug-likeness (QED) is 0.811. The summed E-state index contributed by atoms with van der Waals surface area (Å²) in [7, 11) is 3.64. The molecule has 0 bridgehead atoms. The molecule has 0 fully saturated rings. The van der Waals surface area contributed by atoms with E-state index in [1.165, 1.54) is 5.56 Å². The average molecular weight is 202 g/mol. The Morgan fingerprint density at radius 3 is 2.46 bits per heavy atom. The smallest absolute Gasteiger partial charge is 0.123 e. The maximum absolute atomic E-state index is 5.23. The molecule has 0 radical (unpaired) electrons. The SMILES string of the molecule is CN[C@@H](C)c1ccccc1OC.Cl. The second-order valence-electron chi connectivity index (χ2n) is 2.75. The molecular formula is C10H16ClNO. The van der Waals surface area contributed by atoms with Gasteiger partial charge < -0.3 is 10.1 Å². The molecule has 0 amide bonds. The fourth-order valence-electron chi connectivity index (χ4n) is 1.18. The molecule has 74 valence electrons. The van der Waals surface area contributed by atoms with Gasteiger partial charge in [-0.3, -0.25) is 0 Å². The Morgan fingerprint density at radius 1 is 1.31 bits per heavy atom. The molecule has 0 spiro atoms. The van der Waals surface area contributed by atoms with Crippen LogP contribution in [0.25, 0.3) is 0 Å². The zero-order valence-corrected chi connectivity index (χ0v) is 9.02. The lowest BCUT2D eigenvalue weighted by molar-refractivity contribution is 0.404. The highest BCUT2D eigenvalue weighted by Gasteiger charge is 2.06. The highest BCUT2D eigenvalue weighted by Crippen LogP contribution is 2.23. The molecule has 1 rings (SSSR count). The molecule has 1 aromatic carbocycles. The summed E-state index contributed by atoms with van der Waals surface area (Å²) < 4.78 is 5.23. The van der Waals surface area contributed by atoms with Crippen molar-refractivity contribution in [2.45, 2.75) is 13.0 Å². The van der Waals surface area contributed by atoms with Crippen LogP contribution in [0.3, 0.4) is 0 Å². The Morgan fingerprint density at radius 2 is 1.92 bits per heavy atom. The van der Waals surface area contributed by atoms with Crippen LogP contribution in [0, 0.1) is 0 Å². The van der Waals surface area contributed by atoms with E-state index in [9.17, 15) is 0 Å². The van der Waals surface area contributed by atoms with Gasteiger partial charge >= 0.3 is 0 Å². The van der Waals surface area contributed by atoms with Gasteiger partial charge in [-0.2, -0.15) is 0 Å². The van der Waals surface area contributed by atoms with E-state index < -0.39 is 0 Å². The second-order valence-corrected chi connectivity index (χ2v) is 2.75. The van der Waals surface area contributed by atoms with Crippen molar-refractivity contribution in [3.05, 3.63) is 29.8 Å². The number of hydrogen-bond donors (Lipinski definition) is 1. The fourth-order valence-corrected chi connectivity index (χ4v) is 1.18. The monoisotopic (exact) mass is 201 g/mol. The molecule has 0 aliphatic rings. The molecular weight excluding hydrogens is 186 g/mol. The van der Waals surface area contributed by atoms with E-state index in [1.807, 2.05) is 25.2 Å². The summed E-state index contributed by atoms with van der Waals surface area (Å²) in [5, 5.41) is 3.18. The number of ether oxygens (including phenoxy) is 1. The first-order chi connectivity index (χ1) is 5.79. The van der Waals surface area contributed by atoms with Gasteiger partial charge in [-0.1, -0.05) is 18.2 Å². The predicted molar refractivity (Wildman–Crippen MR) is 57.7 cm³/mol. The van der Waals surface area contributed by atoms with Crippen molar-refractivity contribution >= 4 is 12.4 Å². The first kappa shape index (κ1) is 12.3. The lowest BCUT2D eigenvalue weighted by Gasteiger charge is -2.14. The molecule has 0 saturated heterocycles. The number of nitrogens with one attached hydrogen (secondary N) is 1. The van der Waals surface area contributed by atoms with Crippen LogP contribution >= 0.6 is 12.4 Å². The van der Waals surface area contributed by atoms with Crippen molar-refractivity contribution in [3.63, 3.8) is 0 Å². The molecule has 0 unspecified atom stereocenters. The van der Waals surface area contributed by atoms with Crippen LogP contribution < -0.4 is 10.1 Å². The van der Waals surface area contributed by atoms with E-state index in [2.05, 4.69) is 18.3 Å². The summed E-state index contributed by atoms with van der Waals surface area (Å²) >= 11 is 0. The van der Waals surface area contributed by atoms with E-state index in [0.717, 1.165) is 5.75 Å². The van der Waals surface area contributed by atoms with Crippen molar-refractivity contribution in [3.8, 4) is 5.75 Å². The largest absolute Gasteiger partial charge is 0.496 e. The molecule has 1 aromatic rings. The van der Waals surface area contributed by atoms with Crippen LogP contribution in [0.1, 0.15) is 18.5 Å². The van der Waals surface area contributed by atoms with Gasteiger partial charge in [0.15, 0.2) is 0 Å². The van der Waals surface area contributed by atoms with Crippen molar-refractivity contribution in [2.75, 3.05) is 14.2 Å². The van der Waals surface area contributed by atoms with Crippen LogP contribution in [-0.4, -0.2) is 14.2 Å². The maximum atomic E-state index is 5.23. The first-order valence-corrected chi connectivity index (χ1v) is 4.09. The standard InChI is InChI=1S/C10H15NO.ClH/c1-8(11-2)9-6-4-5-7-10(9)12-3;/h4-8,11H,1-3H3;1H/t8-;/m0./s1. The molecule has 0 saturated carbocycles. The predicted octanol–water partition coefficient (Wildman–Crippen LogP) is 2.40. The summed E-state index contributed by atoms with van der Waals surface area (Å²) in [5.74, 6) is 0.944. The number of benzene rings is 1. The minimum absolute atomic E-state index is 0. The third-order valence-corrected chi connectivity index (χ3v) is 2.04. The molecule has 1 atom stereocenters. The minimum atomic E-state index is 0. The van der Waals surface area contributed by atoms with Crippen molar-refractivity contribution in [1.29, 1.82) is 0 Å². The van der Waals surface area contributed by atoms with E-state index in [4.69, 9.17) is 4.74 Å². The lowest BCUT2D eigenvalue weighted by atomic mass is 10.1. The van der Waals surface area contributed by atoms with Crippen molar-refractivity contribution in [1.82, 2.24) is 5.32 Å². The highest BCUT2D eigenvalue weighted by molar-refractivity contribution is 5.85. The molecule has 0 aromatic heterocycles. The van der Waals surface area contributed by atoms with E-state index in [0.29, 0.717) is 6.04 Å². The number of rotatable bonds is 3. The Labute approximate surface area is 85.7 Å². The van der Waals surface area contributed by atoms with Crippen LogP contribution in [0.5, 0.6) is 5.75 Å². The van der Waals surface area contributed by atoms with Gasteiger partial charge in [-0.05, 0) is 20.0 Å². The minimum Gasteiger partial charge on any atom is -0.496 e. The molecule has 3 heteroatoms. The van der Waals surface area contributed by atoms with Gasteiger partial charge in [-0.25, -0.2) is 0 Å². The number of methoxy groups -OCH3 is 1. The second kappa shape index (κ2) is 5.84. The summed E-state index contributed by atoms with van der Waals surface area (Å²) in [6.07, 6.45) is 0. The van der Waals surface area contributed by atoms with Crippen LogP contribution in [0.2, 0.25) is 0 Å². The summed E-state index contributed by atoms with van der Waals surface area (Å²) in [5.41, 5.74) is 1.20. The van der Waals surface area contributed by atoms with Gasteiger partial charge in [0, 0.05) is 11.6 Å². The third kappa shape index (κ3) is 2.90. The molecule has 0 aliphatic heterocycles. The van der Waals surface area contributed by atoms with Gasteiger partial charge in [0.1, 0.15) is 5.75 Å². The molecule has 1 N–H and O–H groups in total. The molecule has 2 nitrogen and oxygen atoms in total. The maximum Gasteiger partial charge on any atom is 0.123 e. The average Bonchev–Trinajstić information content (AvgIpc) is 2.16. The number of hydrogen-bond acceptors (Lipinski definition) is 2.